The van der Waals surface area contributed by atoms with Crippen molar-refractivity contribution >= 4 is 70.3 Å². The summed E-state index contributed by atoms with van der Waals surface area (Å²) < 4.78 is 48.2. The average Bonchev–Trinajstić information content (AvgIpc) is 4.34. The van der Waals surface area contributed by atoms with Gasteiger partial charge in [0.1, 0.15) is 26.4 Å². The molecule has 0 atom stereocenters. The Morgan fingerprint density at radius 3 is 0.922 bits per heavy atom. The minimum absolute atomic E-state index is 0. The van der Waals surface area contributed by atoms with Gasteiger partial charge in [0.05, 0.1) is 75.6 Å². The van der Waals surface area contributed by atoms with Gasteiger partial charge in [-0.15, -0.1) is 22.1 Å². The minimum atomic E-state index is 0. The molecule has 6 heterocycles. The quantitative estimate of drug-likeness (QED) is 0.151. The number of rotatable bonds is 4. The zero-order valence-corrected chi connectivity index (χ0v) is 45.1. The number of ether oxygens (including phenoxy) is 8. The first-order valence-corrected chi connectivity index (χ1v) is 25.0. The molecule has 3 aromatic heterocycles. The molecule has 0 fully saturated rings. The molecule has 77 heavy (non-hydrogen) atoms. The molecule has 3 aliphatic rings. The van der Waals surface area contributed by atoms with E-state index in [0.717, 1.165) is 89.4 Å². The molecular formula is C62H56N4O10Sn. The topological polar surface area (TPSA) is 188 Å². The van der Waals surface area contributed by atoms with Crippen LogP contribution in [-0.4, -0.2) is 124 Å². The van der Waals surface area contributed by atoms with Crippen molar-refractivity contribution in [3.05, 3.63) is 181 Å². The summed E-state index contributed by atoms with van der Waals surface area (Å²) in [5, 5.41) is 0. The maximum atomic E-state index is 6.51. The van der Waals surface area contributed by atoms with Crippen LogP contribution < -0.4 is 28.9 Å². The van der Waals surface area contributed by atoms with E-state index >= 15 is 0 Å². The van der Waals surface area contributed by atoms with Crippen molar-refractivity contribution in [1.82, 2.24) is 19.9 Å². The van der Waals surface area contributed by atoms with Crippen LogP contribution in [0.1, 0.15) is 22.8 Å². The van der Waals surface area contributed by atoms with Gasteiger partial charge >= 0.3 is 23.9 Å². The van der Waals surface area contributed by atoms with E-state index in [1.165, 1.54) is 0 Å². The van der Waals surface area contributed by atoms with Crippen LogP contribution in [0.3, 0.4) is 0 Å². The normalized spacial score (nSPS) is 14.4. The third kappa shape index (κ3) is 13.4. The van der Waals surface area contributed by atoms with E-state index in [-0.39, 0.29) is 48.1 Å². The Kier molecular flexibility index (Phi) is 19.9. The smallest absolute Gasteiger partial charge is 0.870 e. The molecular weight excluding hydrogens is 1080 g/mol. The largest absolute Gasteiger partial charge is 4.00 e. The summed E-state index contributed by atoms with van der Waals surface area (Å²) in [5.74, 6) is 2.41. The van der Waals surface area contributed by atoms with Gasteiger partial charge in [0.2, 0.25) is 0 Å². The molecule has 0 aliphatic carbocycles. The summed E-state index contributed by atoms with van der Waals surface area (Å²) in [6.45, 7) is 4.35. The van der Waals surface area contributed by atoms with Crippen LogP contribution in [0.5, 0.6) is 23.0 Å². The van der Waals surface area contributed by atoms with Crippen molar-refractivity contribution in [2.45, 2.75) is 0 Å². The third-order valence-electron chi connectivity index (χ3n) is 12.6. The molecule has 15 heteroatoms. The number of hydrogen-bond acceptors (Lipinski definition) is 12. The maximum absolute atomic E-state index is 6.51. The van der Waals surface area contributed by atoms with Crippen LogP contribution in [0.25, 0.3) is 90.9 Å². The van der Waals surface area contributed by atoms with Crippen LogP contribution in [0.2, 0.25) is 0 Å². The van der Waals surface area contributed by atoms with Gasteiger partial charge in [0, 0.05) is 0 Å². The Labute approximate surface area is 463 Å². The van der Waals surface area contributed by atoms with Gasteiger partial charge in [-0.3, -0.25) is 0 Å². The third-order valence-corrected chi connectivity index (χ3v) is 12.6. The number of aromatic nitrogens is 4. The van der Waals surface area contributed by atoms with E-state index in [4.69, 9.17) is 57.8 Å². The van der Waals surface area contributed by atoms with E-state index < -0.39 is 0 Å². The van der Waals surface area contributed by atoms with Crippen molar-refractivity contribution in [1.29, 1.82) is 0 Å². The maximum Gasteiger partial charge on any atom is 4.00 e. The summed E-state index contributed by atoms with van der Waals surface area (Å²) in [4.78, 5) is 21.7. The molecule has 0 saturated heterocycles. The number of para-hydroxylation sites is 2. The zero-order valence-electron chi connectivity index (χ0n) is 42.3. The van der Waals surface area contributed by atoms with Gasteiger partial charge in [0.15, 0.2) is 23.0 Å². The van der Waals surface area contributed by atoms with Crippen LogP contribution in [0, 0.1) is 0 Å². The predicted octanol–water partition coefficient (Wildman–Crippen LogP) is 11.1. The van der Waals surface area contributed by atoms with Gasteiger partial charge in [-0.25, -0.2) is 9.97 Å². The van der Waals surface area contributed by atoms with Crippen molar-refractivity contribution in [3.63, 3.8) is 0 Å². The van der Waals surface area contributed by atoms with Crippen LogP contribution in [0.15, 0.2) is 158 Å². The minimum Gasteiger partial charge on any atom is -0.870 e. The molecule has 0 radical (unpaired) electrons. The molecule has 11 rings (SSSR count). The molecule has 0 spiro atoms. The molecule has 8 aromatic rings. The van der Waals surface area contributed by atoms with E-state index in [1.807, 2.05) is 97.1 Å². The Morgan fingerprint density at radius 2 is 0.571 bits per heavy atom. The Hall–Kier alpha value is -7.54. The Morgan fingerprint density at radius 1 is 0.286 bits per heavy atom. The molecule has 8 bridgehead atoms. The molecule has 0 amide bonds. The van der Waals surface area contributed by atoms with Crippen LogP contribution >= 0.6 is 0 Å². The van der Waals surface area contributed by atoms with E-state index in [1.54, 1.807) is 0 Å². The summed E-state index contributed by atoms with van der Waals surface area (Å²) in [6.07, 6.45) is 8.29. The Balaban J connectivity index is 0.00000261. The summed E-state index contributed by atoms with van der Waals surface area (Å²) in [5.41, 5.74) is 13.6. The second-order valence-electron chi connectivity index (χ2n) is 17.4. The fraction of sp³-hybridized carbons (Fsp3) is 0.194. The molecule has 2 N–H and O–H groups in total. The van der Waals surface area contributed by atoms with Crippen molar-refractivity contribution < 1.29 is 48.8 Å². The summed E-state index contributed by atoms with van der Waals surface area (Å²) in [7, 11) is 0. The first kappa shape index (κ1) is 55.7. The number of hydrogen-bond donors (Lipinski definition) is 0. The Bertz CT molecular complexity index is 3400. The summed E-state index contributed by atoms with van der Waals surface area (Å²) in [6, 6.07) is 52.8. The second kappa shape index (κ2) is 27.5. The monoisotopic (exact) mass is 1140 g/mol. The number of nitrogens with zero attached hydrogens (tertiary/aromatic N) is 4. The first-order valence-electron chi connectivity index (χ1n) is 25.0. The zero-order chi connectivity index (χ0) is 49.7. The first-order chi connectivity index (χ1) is 36.7. The van der Waals surface area contributed by atoms with E-state index in [0.29, 0.717) is 89.1 Å². The van der Waals surface area contributed by atoms with Gasteiger partial charge in [-0.1, -0.05) is 133 Å². The van der Waals surface area contributed by atoms with E-state index in [2.05, 4.69) is 85.0 Å². The molecule has 388 valence electrons. The average molecular weight is 1140 g/mol. The molecule has 14 nitrogen and oxygen atoms in total. The molecule has 5 aromatic carbocycles. The second-order valence-corrected chi connectivity index (χ2v) is 17.4. The van der Waals surface area contributed by atoms with Gasteiger partial charge in [0.25, 0.3) is 0 Å². The number of benzene rings is 5. The predicted molar refractivity (Wildman–Crippen MR) is 300 cm³/mol. The van der Waals surface area contributed by atoms with Gasteiger partial charge in [-0.2, -0.15) is 0 Å². The van der Waals surface area contributed by atoms with Crippen LogP contribution in [-0.2, 0) is 18.9 Å². The van der Waals surface area contributed by atoms with Gasteiger partial charge < -0.3 is 58.8 Å². The molecule has 0 saturated carbocycles. The van der Waals surface area contributed by atoms with Crippen LogP contribution in [0.4, 0.5) is 0 Å². The fourth-order valence-corrected chi connectivity index (χ4v) is 9.16. The SMILES string of the molecule is C1=Cc2nc1c(-c1ccccc1)c1ccc([n-]1)c(-c1ccccc1)c1nc(c(-c3ccc4c(c3)OCCOCCOCCOc3ccccc3OCCOCCOCCO4)c3ccc([n-]3)c2-c2ccccc2)C=C1.[OH-].[OH-].[Sn+4]. The van der Waals surface area contributed by atoms with Crippen molar-refractivity contribution in [3.8, 4) is 67.5 Å². The summed E-state index contributed by atoms with van der Waals surface area (Å²) >= 11 is 0. The van der Waals surface area contributed by atoms with Crippen molar-refractivity contribution in [2.75, 3.05) is 79.3 Å². The van der Waals surface area contributed by atoms with Gasteiger partial charge in [-0.05, 0) is 93.1 Å². The molecule has 0 unspecified atom stereocenters. The standard InChI is InChI=1S/C62H54N4O8.2H2O.Sn/c1-4-12-43(13-5-1)59-47-21-23-49(63-47)60(44-14-6-2-7-15-44)51-25-27-53(65-51)62(54-28-26-52(66-54)61(45-16-8-3-9-17-45)50-24-22-48(59)64-50)46-20-29-57-58(42-46)74-41-37-70-33-32-68-35-39-72-56-19-11-10-18-55(56)71-38-34-67-30-31-69-36-40-73-57;;;/h1-29,42H,30-41H2;2*1H2;/q-2;;;+4/p-2. The van der Waals surface area contributed by atoms with E-state index in [9.17, 15) is 0 Å². The number of fused-ring (bicyclic) bond motifs is 10. The van der Waals surface area contributed by atoms with Crippen molar-refractivity contribution in [2.24, 2.45) is 0 Å². The molecule has 3 aliphatic heterocycles. The fourth-order valence-electron chi connectivity index (χ4n) is 9.16.